The van der Waals surface area contributed by atoms with Crippen LogP contribution in [0.3, 0.4) is 0 Å². The predicted molar refractivity (Wildman–Crippen MR) is 204 cm³/mol. The Morgan fingerprint density at radius 2 is 1.24 bits per heavy atom. The average molecular weight is 835 g/mol. The normalized spacial score (nSPS) is 12.3. The minimum atomic E-state index is -0.417. The number of aromatic nitrogens is 3. The van der Waals surface area contributed by atoms with Gasteiger partial charge < -0.3 is 19.2 Å². The summed E-state index contributed by atoms with van der Waals surface area (Å²) in [7, 11) is 0. The summed E-state index contributed by atoms with van der Waals surface area (Å²) in [4.78, 5) is 16.5. The van der Waals surface area contributed by atoms with Crippen LogP contribution in [0.1, 0.15) is 41.5 Å². The summed E-state index contributed by atoms with van der Waals surface area (Å²) in [5.74, 6) is 0.104. The van der Waals surface area contributed by atoms with Gasteiger partial charge in [-0.05, 0) is 53.4 Å². The first-order valence-electron chi connectivity index (χ1n) is 16.7. The van der Waals surface area contributed by atoms with Crippen LogP contribution < -0.4 is 0 Å². The van der Waals surface area contributed by atoms with Crippen LogP contribution >= 0.6 is 0 Å². The fraction of sp³-hybridized carbons (Fsp3) is 0.182. The molecular formula is C44H40IrN3O2-. The topological polar surface area (TPSA) is 60.0 Å². The van der Waals surface area contributed by atoms with Gasteiger partial charge in [-0.15, -0.1) is 17.5 Å². The summed E-state index contributed by atoms with van der Waals surface area (Å²) in [6.45, 7) is 11.1. The van der Waals surface area contributed by atoms with Gasteiger partial charge in [0, 0.05) is 76.5 Å². The molecule has 8 rings (SSSR count). The van der Waals surface area contributed by atoms with E-state index in [9.17, 15) is 9.90 Å². The van der Waals surface area contributed by atoms with Crippen molar-refractivity contribution in [2.75, 3.05) is 0 Å². The molecular weight excluding hydrogens is 795 g/mol. The van der Waals surface area contributed by atoms with Gasteiger partial charge in [-0.1, -0.05) is 119 Å². The maximum absolute atomic E-state index is 11.5. The average Bonchev–Trinajstić information content (AvgIpc) is 3.37. The second-order valence-electron chi connectivity index (χ2n) is 14.6. The van der Waals surface area contributed by atoms with Crippen molar-refractivity contribution >= 4 is 60.3 Å². The zero-order valence-corrected chi connectivity index (χ0v) is 31.5. The first-order chi connectivity index (χ1) is 23.4. The SMILES string of the molecule is CC(C)(C)C(=O)/C=C(\O)C(C)(C)C.[Ir].[c-]1cc2ccccc2c2c1c1nccc3c1c1c(cccc1n2-c1ccccc1)n3-c1ccccc1. The van der Waals surface area contributed by atoms with Crippen LogP contribution in [0.4, 0.5) is 0 Å². The van der Waals surface area contributed by atoms with E-state index in [4.69, 9.17) is 4.98 Å². The Morgan fingerprint density at radius 3 is 1.86 bits per heavy atom. The number of pyridine rings is 1. The predicted octanol–water partition coefficient (Wildman–Crippen LogP) is 11.3. The number of ketones is 1. The maximum Gasteiger partial charge on any atom is 0.164 e. The van der Waals surface area contributed by atoms with Crippen molar-refractivity contribution in [1.82, 2.24) is 14.1 Å². The fourth-order valence-corrected chi connectivity index (χ4v) is 6.34. The van der Waals surface area contributed by atoms with Gasteiger partial charge in [0.2, 0.25) is 0 Å². The number of nitrogens with zero attached hydrogens (tertiary/aromatic N) is 3. The number of para-hydroxylation sites is 2. The van der Waals surface area contributed by atoms with Gasteiger partial charge in [0.25, 0.3) is 0 Å². The van der Waals surface area contributed by atoms with Crippen molar-refractivity contribution in [2.24, 2.45) is 10.8 Å². The summed E-state index contributed by atoms with van der Waals surface area (Å²) < 4.78 is 4.75. The summed E-state index contributed by atoms with van der Waals surface area (Å²) in [5.41, 5.74) is 7.05. The smallest absolute Gasteiger partial charge is 0.164 e. The molecule has 0 spiro atoms. The van der Waals surface area contributed by atoms with Gasteiger partial charge in [-0.3, -0.25) is 4.79 Å². The van der Waals surface area contributed by atoms with Crippen molar-refractivity contribution in [3.05, 3.63) is 139 Å². The molecule has 3 aromatic heterocycles. The molecule has 6 heteroatoms. The zero-order chi connectivity index (χ0) is 34.5. The van der Waals surface area contributed by atoms with E-state index in [1.54, 1.807) is 0 Å². The molecule has 1 N–H and O–H groups in total. The molecule has 0 unspecified atom stereocenters. The molecule has 0 saturated heterocycles. The van der Waals surface area contributed by atoms with E-state index in [-0.39, 0.29) is 37.1 Å². The Morgan fingerprint density at radius 1 is 0.680 bits per heavy atom. The van der Waals surface area contributed by atoms with E-state index in [0.29, 0.717) is 0 Å². The summed E-state index contributed by atoms with van der Waals surface area (Å²) >= 11 is 0. The van der Waals surface area contributed by atoms with Crippen molar-refractivity contribution in [3.63, 3.8) is 0 Å². The van der Waals surface area contributed by atoms with Crippen LogP contribution in [-0.2, 0) is 24.9 Å². The monoisotopic (exact) mass is 835 g/mol. The summed E-state index contributed by atoms with van der Waals surface area (Å²) in [5, 5.41) is 15.3. The number of rotatable bonds is 3. The summed E-state index contributed by atoms with van der Waals surface area (Å²) in [6.07, 6.45) is 3.26. The minimum absolute atomic E-state index is 0. The number of allylic oxidation sites excluding steroid dienone is 2. The molecule has 5 aromatic carbocycles. The molecule has 50 heavy (non-hydrogen) atoms. The standard InChI is InChI=1S/C33H20N3.C11H20O2.Ir/c1-3-11-23(12-4-1)35-27-16-9-17-28-30(27)31-29(35)20-21-34-32(31)26-19-18-22-10-7-8-15-25(22)33(26)36(28)24-13-5-2-6-14-24;1-10(2,3)8(12)7-9(13)11(4,5)6;/h1-18,20-21H;7,12H,1-6H3;/q-1;;/b;8-7-;. The Balaban J connectivity index is 0.000000267. The molecule has 8 aromatic rings. The number of hydrogen-bond acceptors (Lipinski definition) is 3. The third kappa shape index (κ3) is 6.15. The Bertz CT molecular complexity index is 2530. The van der Waals surface area contributed by atoms with E-state index >= 15 is 0 Å². The number of aliphatic hydroxyl groups is 1. The van der Waals surface area contributed by atoms with Gasteiger partial charge in [0.05, 0.1) is 5.52 Å². The van der Waals surface area contributed by atoms with Gasteiger partial charge in [-0.25, -0.2) is 0 Å². The van der Waals surface area contributed by atoms with E-state index < -0.39 is 5.41 Å². The number of hydrogen-bond donors (Lipinski definition) is 1. The van der Waals surface area contributed by atoms with Crippen LogP contribution in [0, 0.1) is 16.9 Å². The minimum Gasteiger partial charge on any atom is -0.512 e. The van der Waals surface area contributed by atoms with Crippen LogP contribution in [0.15, 0.2) is 133 Å². The first-order valence-corrected chi connectivity index (χ1v) is 16.7. The number of aliphatic hydroxyl groups excluding tert-OH is 1. The van der Waals surface area contributed by atoms with Gasteiger partial charge in [0.15, 0.2) is 5.78 Å². The van der Waals surface area contributed by atoms with Crippen molar-refractivity contribution in [1.29, 1.82) is 0 Å². The number of benzene rings is 5. The van der Waals surface area contributed by atoms with E-state index in [1.807, 2.05) is 47.7 Å². The molecule has 1 radical (unpaired) electrons. The third-order valence-electron chi connectivity index (χ3n) is 9.01. The molecule has 0 atom stereocenters. The maximum atomic E-state index is 11.5. The van der Waals surface area contributed by atoms with Crippen LogP contribution in [0.2, 0.25) is 0 Å². The molecule has 0 fully saturated rings. The fourth-order valence-electron chi connectivity index (χ4n) is 6.34. The Kier molecular flexibility index (Phi) is 9.30. The first kappa shape index (κ1) is 34.8. The van der Waals surface area contributed by atoms with Crippen LogP contribution in [0.25, 0.3) is 65.9 Å². The molecule has 0 aliphatic rings. The Labute approximate surface area is 306 Å². The largest absolute Gasteiger partial charge is 0.512 e. The van der Waals surface area contributed by atoms with Gasteiger partial charge in [0.1, 0.15) is 5.76 Å². The van der Waals surface area contributed by atoms with Crippen molar-refractivity contribution in [2.45, 2.75) is 41.5 Å². The van der Waals surface area contributed by atoms with Crippen LogP contribution in [0.5, 0.6) is 0 Å². The molecule has 3 heterocycles. The number of carbonyl (C=O) groups excluding carboxylic acids is 1. The molecule has 0 amide bonds. The molecule has 0 aliphatic heterocycles. The van der Waals surface area contributed by atoms with Crippen molar-refractivity contribution in [3.8, 4) is 11.4 Å². The van der Waals surface area contributed by atoms with Crippen molar-refractivity contribution < 1.29 is 30.0 Å². The van der Waals surface area contributed by atoms with Crippen LogP contribution in [-0.4, -0.2) is 25.0 Å². The molecule has 0 aliphatic carbocycles. The number of fused-ring (bicyclic) bond motifs is 4. The Hall–Kier alpha value is -5.03. The molecule has 0 saturated carbocycles. The molecule has 5 nitrogen and oxygen atoms in total. The van der Waals surface area contributed by atoms with E-state index in [1.165, 1.54) is 22.4 Å². The zero-order valence-electron chi connectivity index (χ0n) is 29.2. The molecule has 0 bridgehead atoms. The van der Waals surface area contributed by atoms with Gasteiger partial charge in [-0.2, -0.15) is 0 Å². The number of carbonyl (C=O) groups is 1. The van der Waals surface area contributed by atoms with Gasteiger partial charge >= 0.3 is 0 Å². The third-order valence-corrected chi connectivity index (χ3v) is 9.01. The van der Waals surface area contributed by atoms with E-state index in [0.717, 1.165) is 49.6 Å². The second-order valence-corrected chi connectivity index (χ2v) is 14.6. The van der Waals surface area contributed by atoms with E-state index in [2.05, 4.69) is 130 Å². The second kappa shape index (κ2) is 13.4. The molecule has 253 valence electrons. The summed E-state index contributed by atoms with van der Waals surface area (Å²) in [6, 6.07) is 44.3. The quantitative estimate of drug-likeness (QED) is 0.110.